The second-order valence-corrected chi connectivity index (χ2v) is 5.56. The van der Waals surface area contributed by atoms with Gasteiger partial charge < -0.3 is 14.8 Å². The number of amides is 1. The highest BCUT2D eigenvalue weighted by Gasteiger charge is 2.18. The largest absolute Gasteiger partial charge is 0.465 e. The number of aromatic nitrogens is 2. The smallest absolute Gasteiger partial charge is 0.337 e. The van der Waals surface area contributed by atoms with Crippen LogP contribution in [0.3, 0.4) is 0 Å². The molecule has 2 aromatic rings. The van der Waals surface area contributed by atoms with E-state index in [9.17, 15) is 14.4 Å². The molecule has 0 radical (unpaired) electrons. The molecule has 9 heteroatoms. The Labute approximate surface area is 145 Å². The minimum absolute atomic E-state index is 0.111. The number of methoxy groups -OCH3 is 2. The molecule has 0 aliphatic rings. The number of benzene rings is 1. The van der Waals surface area contributed by atoms with Gasteiger partial charge in [0, 0.05) is 12.7 Å². The lowest BCUT2D eigenvalue weighted by Gasteiger charge is -2.10. The van der Waals surface area contributed by atoms with Crippen molar-refractivity contribution in [1.29, 1.82) is 0 Å². The van der Waals surface area contributed by atoms with E-state index in [1.165, 1.54) is 43.3 Å². The summed E-state index contributed by atoms with van der Waals surface area (Å²) >= 11 is 3.24. The Morgan fingerprint density at radius 3 is 2.04 bits per heavy atom. The number of esters is 2. The molecule has 0 bridgehead atoms. The lowest BCUT2D eigenvalue weighted by atomic mass is 10.1. The van der Waals surface area contributed by atoms with Gasteiger partial charge in [0.1, 0.15) is 5.69 Å². The van der Waals surface area contributed by atoms with E-state index in [1.807, 2.05) is 0 Å². The van der Waals surface area contributed by atoms with Crippen LogP contribution >= 0.6 is 15.9 Å². The molecule has 1 aromatic heterocycles. The predicted octanol–water partition coefficient (Wildman–Crippen LogP) is 2.01. The van der Waals surface area contributed by atoms with Gasteiger partial charge in [-0.25, -0.2) is 9.59 Å². The van der Waals surface area contributed by atoms with Gasteiger partial charge >= 0.3 is 11.9 Å². The van der Waals surface area contributed by atoms with Gasteiger partial charge in [0.05, 0.1) is 36.0 Å². The lowest BCUT2D eigenvalue weighted by molar-refractivity contribution is 0.0599. The zero-order valence-electron chi connectivity index (χ0n) is 13.1. The highest BCUT2D eigenvalue weighted by molar-refractivity contribution is 9.10. The third-order valence-electron chi connectivity index (χ3n) is 3.14. The van der Waals surface area contributed by atoms with Crippen molar-refractivity contribution in [3.05, 3.63) is 45.7 Å². The van der Waals surface area contributed by atoms with Crippen LogP contribution < -0.4 is 5.32 Å². The molecule has 1 N–H and O–H groups in total. The van der Waals surface area contributed by atoms with E-state index >= 15 is 0 Å². The maximum atomic E-state index is 12.4. The van der Waals surface area contributed by atoms with Crippen molar-refractivity contribution in [3.63, 3.8) is 0 Å². The molecule has 126 valence electrons. The van der Waals surface area contributed by atoms with Crippen molar-refractivity contribution in [1.82, 2.24) is 9.78 Å². The second-order valence-electron chi connectivity index (χ2n) is 4.70. The van der Waals surface area contributed by atoms with E-state index in [0.717, 1.165) is 0 Å². The molecule has 0 aliphatic heterocycles. The first kappa shape index (κ1) is 17.7. The molecule has 24 heavy (non-hydrogen) atoms. The first-order valence-corrected chi connectivity index (χ1v) is 7.47. The van der Waals surface area contributed by atoms with E-state index < -0.39 is 17.8 Å². The monoisotopic (exact) mass is 395 g/mol. The molecule has 1 aromatic carbocycles. The van der Waals surface area contributed by atoms with Crippen LogP contribution in [-0.2, 0) is 16.5 Å². The van der Waals surface area contributed by atoms with Crippen molar-refractivity contribution in [2.24, 2.45) is 7.05 Å². The average molecular weight is 396 g/mol. The molecule has 0 spiro atoms. The summed E-state index contributed by atoms with van der Waals surface area (Å²) in [6.07, 6.45) is 1.49. The van der Waals surface area contributed by atoms with Gasteiger partial charge in [-0.1, -0.05) is 0 Å². The third kappa shape index (κ3) is 3.62. The number of nitrogens with one attached hydrogen (secondary N) is 1. The molecule has 1 heterocycles. The number of ether oxygens (including phenoxy) is 2. The van der Waals surface area contributed by atoms with E-state index in [2.05, 4.69) is 35.8 Å². The number of hydrogen-bond acceptors (Lipinski definition) is 6. The first-order valence-electron chi connectivity index (χ1n) is 6.68. The Balaban J connectivity index is 2.40. The van der Waals surface area contributed by atoms with E-state index in [-0.39, 0.29) is 22.5 Å². The fraction of sp³-hybridized carbons (Fsp3) is 0.200. The molecular weight excluding hydrogens is 382 g/mol. The highest BCUT2D eigenvalue weighted by atomic mass is 79.9. The third-order valence-corrected chi connectivity index (χ3v) is 3.72. The summed E-state index contributed by atoms with van der Waals surface area (Å²) in [5, 5.41) is 6.58. The number of halogens is 1. The van der Waals surface area contributed by atoms with Gasteiger partial charge in [0.2, 0.25) is 0 Å². The summed E-state index contributed by atoms with van der Waals surface area (Å²) in [5.74, 6) is -1.74. The fourth-order valence-corrected chi connectivity index (χ4v) is 2.56. The maximum absolute atomic E-state index is 12.4. The number of carbonyl (C=O) groups is 3. The van der Waals surface area contributed by atoms with Gasteiger partial charge in [0.25, 0.3) is 5.91 Å². The van der Waals surface area contributed by atoms with Crippen LogP contribution in [0, 0.1) is 0 Å². The van der Waals surface area contributed by atoms with Crippen LogP contribution in [0.5, 0.6) is 0 Å². The normalized spacial score (nSPS) is 10.2. The molecule has 8 nitrogen and oxygen atoms in total. The summed E-state index contributed by atoms with van der Waals surface area (Å²) in [6, 6.07) is 4.13. The minimum atomic E-state index is -0.641. The molecule has 0 saturated carbocycles. The van der Waals surface area contributed by atoms with Gasteiger partial charge in [0.15, 0.2) is 0 Å². The summed E-state index contributed by atoms with van der Waals surface area (Å²) in [6.45, 7) is 0. The molecular formula is C15H14BrN3O5. The Morgan fingerprint density at radius 1 is 1.08 bits per heavy atom. The number of carbonyl (C=O) groups excluding carboxylic acids is 3. The van der Waals surface area contributed by atoms with E-state index in [4.69, 9.17) is 0 Å². The SMILES string of the molecule is COC(=O)c1cc(NC(=O)c2c(Br)cnn2C)cc(C(=O)OC)c1. The first-order chi connectivity index (χ1) is 11.4. The van der Waals surface area contributed by atoms with E-state index in [0.29, 0.717) is 4.47 Å². The molecule has 0 aliphatic carbocycles. The Bertz CT molecular complexity index is 762. The summed E-state index contributed by atoms with van der Waals surface area (Å²) in [5.41, 5.74) is 0.758. The van der Waals surface area contributed by atoms with Crippen molar-refractivity contribution in [2.75, 3.05) is 19.5 Å². The number of anilines is 1. The topological polar surface area (TPSA) is 99.5 Å². The number of rotatable bonds is 4. The zero-order valence-corrected chi connectivity index (χ0v) is 14.7. The number of hydrogen-bond donors (Lipinski definition) is 1. The van der Waals surface area contributed by atoms with Gasteiger partial charge in [-0.05, 0) is 34.1 Å². The fourth-order valence-electron chi connectivity index (χ4n) is 2.03. The highest BCUT2D eigenvalue weighted by Crippen LogP contribution is 2.20. The van der Waals surface area contributed by atoms with Crippen LogP contribution in [0.1, 0.15) is 31.2 Å². The number of aryl methyl sites for hydroxylation is 1. The molecule has 1 amide bonds. The Kier molecular flexibility index (Phi) is 5.35. The molecule has 0 fully saturated rings. The minimum Gasteiger partial charge on any atom is -0.465 e. The van der Waals surface area contributed by atoms with Gasteiger partial charge in [-0.3, -0.25) is 9.48 Å². The van der Waals surface area contributed by atoms with Crippen LogP contribution in [0.25, 0.3) is 0 Å². The Morgan fingerprint density at radius 2 is 1.62 bits per heavy atom. The van der Waals surface area contributed by atoms with Gasteiger partial charge in [-0.2, -0.15) is 5.10 Å². The van der Waals surface area contributed by atoms with Crippen molar-refractivity contribution in [2.45, 2.75) is 0 Å². The van der Waals surface area contributed by atoms with Crippen LogP contribution in [0.15, 0.2) is 28.9 Å². The predicted molar refractivity (Wildman–Crippen MR) is 88.0 cm³/mol. The van der Waals surface area contributed by atoms with Crippen molar-refractivity contribution >= 4 is 39.5 Å². The summed E-state index contributed by atoms with van der Waals surface area (Å²) < 4.78 is 11.2. The van der Waals surface area contributed by atoms with E-state index in [1.54, 1.807) is 7.05 Å². The molecule has 0 saturated heterocycles. The molecule has 0 unspecified atom stereocenters. The maximum Gasteiger partial charge on any atom is 0.337 e. The van der Waals surface area contributed by atoms with Crippen molar-refractivity contribution < 1.29 is 23.9 Å². The van der Waals surface area contributed by atoms with Crippen LogP contribution in [0.2, 0.25) is 0 Å². The zero-order chi connectivity index (χ0) is 17.9. The Hall–Kier alpha value is -2.68. The number of nitrogens with zero attached hydrogens (tertiary/aromatic N) is 2. The second kappa shape index (κ2) is 7.26. The lowest BCUT2D eigenvalue weighted by Crippen LogP contribution is -2.18. The molecule has 0 atom stereocenters. The standard InChI is InChI=1S/C15H14BrN3O5/c1-19-12(11(16)7-17-19)13(20)18-10-5-8(14(21)23-2)4-9(6-10)15(22)24-3/h4-7H,1-3H3,(H,18,20). The summed E-state index contributed by atoms with van der Waals surface area (Å²) in [7, 11) is 4.06. The average Bonchev–Trinajstić information content (AvgIpc) is 2.91. The van der Waals surface area contributed by atoms with Crippen molar-refractivity contribution in [3.8, 4) is 0 Å². The molecule has 2 rings (SSSR count). The van der Waals surface area contributed by atoms with Gasteiger partial charge in [-0.15, -0.1) is 0 Å². The quantitative estimate of drug-likeness (QED) is 0.794. The summed E-state index contributed by atoms with van der Waals surface area (Å²) in [4.78, 5) is 35.9. The van der Waals surface area contributed by atoms with Crippen LogP contribution in [0.4, 0.5) is 5.69 Å². The van der Waals surface area contributed by atoms with Crippen LogP contribution in [-0.4, -0.2) is 41.8 Å².